The Morgan fingerprint density at radius 2 is 2.26 bits per heavy atom. The standard InChI is InChI=1S/C16H23NO6/c1-10(17-2)8-11-4-5-14-16(21-11)12(9-18)13(22-14)6-7-15(19)23-20-3/h6-7,10-14,16,18H,4-5,8-9H2,1,3H3/b7-6+/t10-,11-,12-,13+,14+,16?/m1/s1. The third-order valence-corrected chi connectivity index (χ3v) is 4.29. The highest BCUT2D eigenvalue weighted by atomic mass is 17.2. The van der Waals surface area contributed by atoms with E-state index in [-0.39, 0.29) is 36.9 Å². The zero-order chi connectivity index (χ0) is 16.8. The van der Waals surface area contributed by atoms with E-state index in [1.165, 1.54) is 13.2 Å². The molecule has 7 heteroatoms. The lowest BCUT2D eigenvalue weighted by atomic mass is 9.90. The van der Waals surface area contributed by atoms with Crippen LogP contribution in [0.2, 0.25) is 0 Å². The van der Waals surface area contributed by atoms with Crippen LogP contribution in [0.5, 0.6) is 0 Å². The maximum absolute atomic E-state index is 11.3. The van der Waals surface area contributed by atoms with Gasteiger partial charge in [0, 0.05) is 25.3 Å². The second kappa shape index (κ2) is 8.41. The van der Waals surface area contributed by atoms with Gasteiger partial charge in [-0.05, 0) is 18.9 Å². The first-order valence-corrected chi connectivity index (χ1v) is 7.80. The van der Waals surface area contributed by atoms with Crippen LogP contribution in [0, 0.1) is 12.5 Å². The monoisotopic (exact) mass is 325 g/mol. The number of carbonyl (C=O) groups excluding carboxylic acids is 1. The third-order valence-electron chi connectivity index (χ3n) is 4.29. The lowest BCUT2D eigenvalue weighted by Gasteiger charge is -2.33. The Bertz CT molecular complexity index is 474. The number of rotatable bonds is 6. The molecule has 2 aliphatic rings. The Morgan fingerprint density at radius 1 is 1.48 bits per heavy atom. The van der Waals surface area contributed by atoms with Crippen LogP contribution in [0.4, 0.5) is 0 Å². The van der Waals surface area contributed by atoms with E-state index in [1.54, 1.807) is 6.08 Å². The van der Waals surface area contributed by atoms with Gasteiger partial charge in [0.05, 0.1) is 38.1 Å². The van der Waals surface area contributed by atoms with Crippen molar-refractivity contribution in [1.29, 1.82) is 0 Å². The average molecular weight is 325 g/mol. The lowest BCUT2D eigenvalue weighted by molar-refractivity contribution is -0.249. The zero-order valence-electron chi connectivity index (χ0n) is 13.4. The van der Waals surface area contributed by atoms with Crippen molar-refractivity contribution < 1.29 is 29.1 Å². The first-order valence-electron chi connectivity index (χ1n) is 7.80. The van der Waals surface area contributed by atoms with Crippen LogP contribution in [0.15, 0.2) is 12.2 Å². The number of aliphatic hydroxyl groups excluding tert-OH is 1. The van der Waals surface area contributed by atoms with Gasteiger partial charge in [-0.3, -0.25) is 4.89 Å². The highest BCUT2D eigenvalue weighted by Crippen LogP contribution is 2.38. The van der Waals surface area contributed by atoms with E-state index in [0.717, 1.165) is 12.8 Å². The summed E-state index contributed by atoms with van der Waals surface area (Å²) < 4.78 is 12.0. The van der Waals surface area contributed by atoms with E-state index < -0.39 is 12.1 Å². The molecular weight excluding hydrogens is 302 g/mol. The molecule has 7 nitrogen and oxygen atoms in total. The SMILES string of the molecule is [C-]#[N+][C@H](C)C[C@H]1CC[C@@H]2O[C@@H](/C=C/C(=O)OOC)[C@@H](CO)C2O1. The number of nitrogens with zero attached hydrogens (tertiary/aromatic N) is 1. The van der Waals surface area contributed by atoms with Crippen molar-refractivity contribution in [3.05, 3.63) is 23.6 Å². The molecule has 2 aliphatic heterocycles. The minimum absolute atomic E-state index is 0.0131. The average Bonchev–Trinajstić information content (AvgIpc) is 2.89. The van der Waals surface area contributed by atoms with Crippen molar-refractivity contribution in [1.82, 2.24) is 0 Å². The van der Waals surface area contributed by atoms with Crippen molar-refractivity contribution in [3.63, 3.8) is 0 Å². The van der Waals surface area contributed by atoms with Gasteiger partial charge in [0.15, 0.2) is 0 Å². The molecule has 0 radical (unpaired) electrons. The second-order valence-corrected chi connectivity index (χ2v) is 5.93. The Kier molecular flexibility index (Phi) is 6.54. The molecule has 0 aromatic rings. The molecule has 2 fully saturated rings. The fourth-order valence-electron chi connectivity index (χ4n) is 3.19. The van der Waals surface area contributed by atoms with Gasteiger partial charge in [-0.25, -0.2) is 11.4 Å². The zero-order valence-corrected chi connectivity index (χ0v) is 13.4. The molecule has 2 heterocycles. The topological polar surface area (TPSA) is 78.6 Å². The number of ether oxygens (including phenoxy) is 2. The maximum atomic E-state index is 11.3. The van der Waals surface area contributed by atoms with Gasteiger partial charge in [-0.1, -0.05) is 0 Å². The van der Waals surface area contributed by atoms with Gasteiger partial charge < -0.3 is 19.4 Å². The molecule has 1 unspecified atom stereocenters. The molecule has 1 N–H and O–H groups in total. The molecule has 0 saturated carbocycles. The fraction of sp³-hybridized carbons (Fsp3) is 0.750. The van der Waals surface area contributed by atoms with E-state index in [2.05, 4.69) is 14.6 Å². The largest absolute Gasteiger partial charge is 0.396 e. The number of aliphatic hydroxyl groups is 1. The Hall–Kier alpha value is -1.46. The molecule has 0 aliphatic carbocycles. The first-order chi connectivity index (χ1) is 11.1. The molecule has 2 saturated heterocycles. The molecule has 128 valence electrons. The quantitative estimate of drug-likeness (QED) is 0.343. The molecule has 23 heavy (non-hydrogen) atoms. The lowest BCUT2D eigenvalue weighted by Crippen LogP contribution is -2.41. The van der Waals surface area contributed by atoms with Gasteiger partial charge in [0.2, 0.25) is 6.04 Å². The summed E-state index contributed by atoms with van der Waals surface area (Å²) in [5.74, 6) is -0.870. The van der Waals surface area contributed by atoms with Crippen LogP contribution in [0.1, 0.15) is 26.2 Å². The van der Waals surface area contributed by atoms with Crippen molar-refractivity contribution in [2.24, 2.45) is 5.92 Å². The second-order valence-electron chi connectivity index (χ2n) is 5.93. The summed E-state index contributed by atoms with van der Waals surface area (Å²) in [7, 11) is 1.25. The predicted octanol–water partition coefficient (Wildman–Crippen LogP) is 1.27. The number of fused-ring (bicyclic) bond motifs is 1. The number of hydrogen-bond acceptors (Lipinski definition) is 6. The highest BCUT2D eigenvalue weighted by molar-refractivity contribution is 5.81. The number of carbonyl (C=O) groups is 1. The molecule has 0 spiro atoms. The molecule has 6 atom stereocenters. The number of hydrogen-bond donors (Lipinski definition) is 1. The third kappa shape index (κ3) is 4.52. The van der Waals surface area contributed by atoms with Crippen LogP contribution in [-0.2, 0) is 24.0 Å². The summed E-state index contributed by atoms with van der Waals surface area (Å²) in [6, 6.07) is -0.0778. The van der Waals surface area contributed by atoms with Crippen LogP contribution in [-0.4, -0.2) is 55.3 Å². The van der Waals surface area contributed by atoms with Crippen molar-refractivity contribution in [2.75, 3.05) is 13.7 Å². The van der Waals surface area contributed by atoms with E-state index in [0.29, 0.717) is 6.42 Å². The highest BCUT2D eigenvalue weighted by Gasteiger charge is 2.47. The van der Waals surface area contributed by atoms with Crippen LogP contribution in [0.3, 0.4) is 0 Å². The molecular formula is C16H23NO6. The molecule has 0 aromatic carbocycles. The van der Waals surface area contributed by atoms with Gasteiger partial charge in [-0.2, -0.15) is 4.89 Å². The van der Waals surface area contributed by atoms with Crippen molar-refractivity contribution >= 4 is 5.97 Å². The van der Waals surface area contributed by atoms with E-state index >= 15 is 0 Å². The molecule has 2 rings (SSSR count). The van der Waals surface area contributed by atoms with Crippen LogP contribution < -0.4 is 0 Å². The van der Waals surface area contributed by atoms with Crippen LogP contribution in [0.25, 0.3) is 4.85 Å². The molecule has 0 amide bonds. The van der Waals surface area contributed by atoms with Crippen molar-refractivity contribution in [3.8, 4) is 0 Å². The van der Waals surface area contributed by atoms with Crippen LogP contribution >= 0.6 is 0 Å². The van der Waals surface area contributed by atoms with E-state index in [4.69, 9.17) is 16.0 Å². The van der Waals surface area contributed by atoms with E-state index in [1.807, 2.05) is 6.92 Å². The summed E-state index contributed by atoms with van der Waals surface area (Å²) in [6.45, 7) is 8.84. The Labute approximate surface area is 135 Å². The summed E-state index contributed by atoms with van der Waals surface area (Å²) in [6.07, 6.45) is 4.43. The minimum atomic E-state index is -0.632. The predicted molar refractivity (Wildman–Crippen MR) is 80.1 cm³/mol. The summed E-state index contributed by atoms with van der Waals surface area (Å²) >= 11 is 0. The summed E-state index contributed by atoms with van der Waals surface area (Å²) in [5.41, 5.74) is 0. The Morgan fingerprint density at radius 3 is 2.91 bits per heavy atom. The molecule has 0 aromatic heterocycles. The molecule has 0 bridgehead atoms. The minimum Gasteiger partial charge on any atom is -0.396 e. The first kappa shape index (κ1) is 17.9. The fourth-order valence-corrected chi connectivity index (χ4v) is 3.19. The van der Waals surface area contributed by atoms with Gasteiger partial charge in [0.1, 0.15) is 0 Å². The smallest absolute Gasteiger partial charge is 0.365 e. The van der Waals surface area contributed by atoms with Crippen molar-refractivity contribution in [2.45, 2.75) is 56.6 Å². The van der Waals surface area contributed by atoms with E-state index in [9.17, 15) is 9.90 Å². The summed E-state index contributed by atoms with van der Waals surface area (Å²) in [5, 5.41) is 9.68. The van der Waals surface area contributed by atoms with Gasteiger partial charge in [0.25, 0.3) is 0 Å². The summed E-state index contributed by atoms with van der Waals surface area (Å²) in [4.78, 5) is 23.5. The maximum Gasteiger partial charge on any atom is 0.365 e. The normalized spacial score (nSPS) is 34.8. The Balaban J connectivity index is 1.97. The van der Waals surface area contributed by atoms with Gasteiger partial charge >= 0.3 is 5.97 Å². The van der Waals surface area contributed by atoms with Gasteiger partial charge in [-0.15, -0.1) is 0 Å².